The van der Waals surface area contributed by atoms with Crippen molar-refractivity contribution in [3.63, 3.8) is 0 Å². The molecule has 0 unspecified atom stereocenters. The van der Waals surface area contributed by atoms with E-state index < -0.39 is 0 Å². The molecule has 24 heavy (non-hydrogen) atoms. The lowest BCUT2D eigenvalue weighted by Crippen LogP contribution is -2.92. The van der Waals surface area contributed by atoms with Crippen LogP contribution in [0.15, 0.2) is 48.5 Å². The molecule has 4 nitrogen and oxygen atoms in total. The van der Waals surface area contributed by atoms with Gasteiger partial charge in [-0.1, -0.05) is 35.9 Å². The molecule has 2 aromatic rings. The maximum absolute atomic E-state index is 12.3. The van der Waals surface area contributed by atoms with Gasteiger partial charge >= 0.3 is 0 Å². The Morgan fingerprint density at radius 2 is 1.75 bits per heavy atom. The van der Waals surface area contributed by atoms with Gasteiger partial charge in [0, 0.05) is 17.1 Å². The van der Waals surface area contributed by atoms with Crippen molar-refractivity contribution >= 4 is 17.5 Å². The molecule has 0 aliphatic rings. The number of halogens is 1. The van der Waals surface area contributed by atoms with Crippen LogP contribution in [0.2, 0.25) is 5.02 Å². The predicted octanol–water partition coefficient (Wildman–Crippen LogP) is 2.68. The first-order chi connectivity index (χ1) is 11.5. The summed E-state index contributed by atoms with van der Waals surface area (Å²) in [5, 5.41) is 5.74. The highest BCUT2D eigenvalue weighted by Crippen LogP contribution is 2.13. The van der Waals surface area contributed by atoms with Gasteiger partial charge in [0.05, 0.1) is 7.11 Å². The van der Waals surface area contributed by atoms with Crippen molar-refractivity contribution in [3.8, 4) is 5.75 Å². The number of amides is 1. The molecule has 3 N–H and O–H groups in total. The molecule has 2 rings (SSSR count). The summed E-state index contributed by atoms with van der Waals surface area (Å²) in [6.45, 7) is 4.50. The predicted molar refractivity (Wildman–Crippen MR) is 96.1 cm³/mol. The van der Waals surface area contributed by atoms with Gasteiger partial charge in [-0.15, -0.1) is 0 Å². The first-order valence-corrected chi connectivity index (χ1v) is 8.38. The first kappa shape index (κ1) is 18.3. The lowest BCUT2D eigenvalue weighted by molar-refractivity contribution is -0.710. The van der Waals surface area contributed by atoms with Gasteiger partial charge in [-0.2, -0.15) is 0 Å². The van der Waals surface area contributed by atoms with E-state index in [-0.39, 0.29) is 18.0 Å². The molecule has 0 aromatic heterocycles. The molecule has 0 heterocycles. The van der Waals surface area contributed by atoms with Crippen LogP contribution in [0.25, 0.3) is 0 Å². The summed E-state index contributed by atoms with van der Waals surface area (Å²) in [5.74, 6) is 0.829. The summed E-state index contributed by atoms with van der Waals surface area (Å²) in [7, 11) is 1.64. The van der Waals surface area contributed by atoms with E-state index in [2.05, 4.69) is 12.2 Å². The average Bonchev–Trinajstić information content (AvgIpc) is 2.60. The Balaban J connectivity index is 1.83. The molecule has 0 bridgehead atoms. The Hall–Kier alpha value is -2.04. The second-order valence-electron chi connectivity index (χ2n) is 5.89. The van der Waals surface area contributed by atoms with Crippen LogP contribution in [0.1, 0.15) is 31.0 Å². The van der Waals surface area contributed by atoms with Crippen LogP contribution in [-0.2, 0) is 11.3 Å². The summed E-state index contributed by atoms with van der Waals surface area (Å²) >= 11 is 5.91. The van der Waals surface area contributed by atoms with Crippen molar-refractivity contribution in [2.45, 2.75) is 32.5 Å². The molecule has 0 radical (unpaired) electrons. The van der Waals surface area contributed by atoms with Gasteiger partial charge in [-0.05, 0) is 43.7 Å². The zero-order chi connectivity index (χ0) is 17.5. The standard InChI is InChI=1S/C19H23ClN2O2/c1-13(16-6-8-17(20)9-7-16)22-14(2)19(23)21-12-15-4-10-18(24-3)11-5-15/h4-11,13-14,22H,12H2,1-3H3,(H,21,23)/p+1/t13-,14+/m0/s1. The quantitative estimate of drug-likeness (QED) is 0.809. The second kappa shape index (κ2) is 8.71. The lowest BCUT2D eigenvalue weighted by Gasteiger charge is -2.17. The number of ether oxygens (including phenoxy) is 1. The van der Waals surface area contributed by atoms with E-state index in [1.165, 1.54) is 0 Å². The molecule has 0 aliphatic carbocycles. The fraction of sp³-hybridized carbons (Fsp3) is 0.316. The lowest BCUT2D eigenvalue weighted by atomic mass is 10.1. The normalized spacial score (nSPS) is 13.2. The molecule has 1 amide bonds. The summed E-state index contributed by atoms with van der Waals surface area (Å²) < 4.78 is 5.13. The van der Waals surface area contributed by atoms with Crippen molar-refractivity contribution in [3.05, 3.63) is 64.7 Å². The fourth-order valence-electron chi connectivity index (χ4n) is 2.49. The van der Waals surface area contributed by atoms with Crippen molar-refractivity contribution < 1.29 is 14.8 Å². The Kier molecular flexibility index (Phi) is 6.64. The van der Waals surface area contributed by atoms with Crippen molar-refractivity contribution in [1.82, 2.24) is 5.32 Å². The van der Waals surface area contributed by atoms with Crippen molar-refractivity contribution in [2.24, 2.45) is 0 Å². The van der Waals surface area contributed by atoms with E-state index in [9.17, 15) is 4.79 Å². The third-order valence-electron chi connectivity index (χ3n) is 4.01. The minimum atomic E-state index is -0.172. The molecule has 0 fully saturated rings. The van der Waals surface area contributed by atoms with Gasteiger partial charge in [0.25, 0.3) is 5.91 Å². The van der Waals surface area contributed by atoms with E-state index in [0.717, 1.165) is 21.9 Å². The Morgan fingerprint density at radius 3 is 2.33 bits per heavy atom. The Bertz CT molecular complexity index is 656. The highest BCUT2D eigenvalue weighted by atomic mass is 35.5. The van der Waals surface area contributed by atoms with Crippen LogP contribution >= 0.6 is 11.6 Å². The van der Waals surface area contributed by atoms with E-state index in [4.69, 9.17) is 16.3 Å². The van der Waals surface area contributed by atoms with Gasteiger partial charge in [-0.25, -0.2) is 0 Å². The summed E-state index contributed by atoms with van der Waals surface area (Å²) in [4.78, 5) is 12.3. The number of hydrogen-bond donors (Lipinski definition) is 2. The van der Waals surface area contributed by atoms with Crippen LogP contribution in [0.4, 0.5) is 0 Å². The number of hydrogen-bond acceptors (Lipinski definition) is 2. The Morgan fingerprint density at radius 1 is 1.12 bits per heavy atom. The van der Waals surface area contributed by atoms with Crippen LogP contribution in [-0.4, -0.2) is 19.1 Å². The third-order valence-corrected chi connectivity index (χ3v) is 4.26. The maximum Gasteiger partial charge on any atom is 0.278 e. The van der Waals surface area contributed by atoms with Crippen LogP contribution in [0.5, 0.6) is 5.75 Å². The van der Waals surface area contributed by atoms with Crippen LogP contribution < -0.4 is 15.4 Å². The summed E-state index contributed by atoms with van der Waals surface area (Å²) in [6, 6.07) is 15.4. The number of methoxy groups -OCH3 is 1. The average molecular weight is 348 g/mol. The summed E-state index contributed by atoms with van der Waals surface area (Å²) in [5.41, 5.74) is 2.19. The first-order valence-electron chi connectivity index (χ1n) is 8.00. The van der Waals surface area contributed by atoms with E-state index in [0.29, 0.717) is 6.54 Å². The highest BCUT2D eigenvalue weighted by Gasteiger charge is 2.19. The van der Waals surface area contributed by atoms with Crippen LogP contribution in [0.3, 0.4) is 0 Å². The molecule has 0 saturated heterocycles. The number of nitrogens with one attached hydrogen (secondary N) is 1. The number of carbonyl (C=O) groups excluding carboxylic acids is 1. The molecule has 128 valence electrons. The van der Waals surface area contributed by atoms with Crippen molar-refractivity contribution in [2.75, 3.05) is 7.11 Å². The zero-order valence-corrected chi connectivity index (χ0v) is 15.0. The van der Waals surface area contributed by atoms with Crippen LogP contribution in [0, 0.1) is 0 Å². The Labute approximate surface area is 148 Å². The van der Waals surface area contributed by atoms with E-state index >= 15 is 0 Å². The monoisotopic (exact) mass is 347 g/mol. The maximum atomic E-state index is 12.3. The third kappa shape index (κ3) is 5.25. The minimum Gasteiger partial charge on any atom is -0.497 e. The molecule has 0 aliphatic heterocycles. The molecular formula is C19H24ClN2O2+. The number of rotatable bonds is 7. The van der Waals surface area contributed by atoms with Gasteiger partial charge in [0.15, 0.2) is 6.04 Å². The summed E-state index contributed by atoms with van der Waals surface area (Å²) in [6.07, 6.45) is 0. The topological polar surface area (TPSA) is 54.9 Å². The molecular weight excluding hydrogens is 324 g/mol. The molecule has 5 heteroatoms. The van der Waals surface area contributed by atoms with Crippen molar-refractivity contribution in [1.29, 1.82) is 0 Å². The fourth-order valence-corrected chi connectivity index (χ4v) is 2.62. The smallest absolute Gasteiger partial charge is 0.278 e. The largest absolute Gasteiger partial charge is 0.497 e. The molecule has 0 spiro atoms. The number of nitrogens with two attached hydrogens (primary N) is 1. The number of quaternary nitrogens is 1. The minimum absolute atomic E-state index is 0.0200. The van der Waals surface area contributed by atoms with E-state index in [1.807, 2.05) is 60.8 Å². The van der Waals surface area contributed by atoms with Gasteiger partial charge in [-0.3, -0.25) is 4.79 Å². The number of carbonyl (C=O) groups is 1. The van der Waals surface area contributed by atoms with Gasteiger partial charge in [0.1, 0.15) is 11.8 Å². The molecule has 2 atom stereocenters. The van der Waals surface area contributed by atoms with Gasteiger partial charge < -0.3 is 15.4 Å². The highest BCUT2D eigenvalue weighted by molar-refractivity contribution is 6.30. The molecule has 2 aromatic carbocycles. The molecule has 0 saturated carbocycles. The van der Waals surface area contributed by atoms with Gasteiger partial charge in [0.2, 0.25) is 0 Å². The van der Waals surface area contributed by atoms with E-state index in [1.54, 1.807) is 7.11 Å². The SMILES string of the molecule is COc1ccc(CNC(=O)[C@@H](C)[NH2+][C@@H](C)c2ccc(Cl)cc2)cc1. The zero-order valence-electron chi connectivity index (χ0n) is 14.3. The number of benzene rings is 2. The second-order valence-corrected chi connectivity index (χ2v) is 6.32.